The van der Waals surface area contributed by atoms with Crippen molar-refractivity contribution in [1.82, 2.24) is 5.32 Å². The summed E-state index contributed by atoms with van der Waals surface area (Å²) in [6.45, 7) is 5.94. The molecule has 0 radical (unpaired) electrons. The quantitative estimate of drug-likeness (QED) is 0.0351. The third-order valence-electron chi connectivity index (χ3n) is 9.92. The summed E-state index contributed by atoms with van der Waals surface area (Å²) in [6, 6.07) is 2.62. The number of allylic oxidation sites excluding steroid dienone is 1. The van der Waals surface area contributed by atoms with Crippen LogP contribution in [0, 0.1) is 0 Å². The molecular weight excluding hydrogens is 712 g/mol. The Hall–Kier alpha value is -5.15. The zero-order chi connectivity index (χ0) is 39.2. The Morgan fingerprint density at radius 1 is 0.673 bits per heavy atom. The number of anilines is 1. The van der Waals surface area contributed by atoms with E-state index in [-0.39, 0.29) is 45.4 Å². The SMILES string of the molecule is COCCOCCOCCOCCNC(=O)CCCCNc1c(O)c2c(=O)cc(OC)c3c4c(OC)cc(=O)c5c(O)c(OC)c6c(c(c1C=C(C)C6)c23)c54. The van der Waals surface area contributed by atoms with E-state index in [1.54, 1.807) is 7.11 Å². The maximum Gasteiger partial charge on any atom is 0.220 e. The molecule has 1 amide bonds. The number of phenolic OH excluding ortho intramolecular Hbond substituents is 2. The van der Waals surface area contributed by atoms with Gasteiger partial charge < -0.3 is 54.0 Å². The summed E-state index contributed by atoms with van der Waals surface area (Å²) >= 11 is 0. The molecule has 5 aromatic carbocycles. The van der Waals surface area contributed by atoms with Crippen molar-refractivity contribution in [2.75, 3.05) is 93.1 Å². The first-order valence-corrected chi connectivity index (χ1v) is 18.3. The predicted octanol–water partition coefficient (Wildman–Crippen LogP) is 4.69. The molecule has 4 N–H and O–H groups in total. The van der Waals surface area contributed by atoms with Crippen LogP contribution in [-0.2, 0) is 30.2 Å². The van der Waals surface area contributed by atoms with E-state index in [0.717, 1.165) is 5.57 Å². The summed E-state index contributed by atoms with van der Waals surface area (Å²) in [5.74, 6) is 0.0327. The highest BCUT2D eigenvalue weighted by Crippen LogP contribution is 2.56. The lowest BCUT2D eigenvalue weighted by Gasteiger charge is -2.24. The molecule has 1 aliphatic rings. The average Bonchev–Trinajstić information content (AvgIpc) is 3.32. The number of phenols is 2. The molecule has 14 heteroatoms. The maximum absolute atomic E-state index is 13.9. The van der Waals surface area contributed by atoms with E-state index in [0.29, 0.717) is 134 Å². The summed E-state index contributed by atoms with van der Waals surface area (Å²) in [7, 11) is 5.96. The number of rotatable bonds is 21. The summed E-state index contributed by atoms with van der Waals surface area (Å²) in [5.41, 5.74) is 1.57. The molecule has 5 aromatic rings. The van der Waals surface area contributed by atoms with E-state index < -0.39 is 10.9 Å². The number of fused-ring (bicyclic) bond motifs is 1. The van der Waals surface area contributed by atoms with Gasteiger partial charge in [-0.15, -0.1) is 0 Å². The van der Waals surface area contributed by atoms with Crippen LogP contribution >= 0.6 is 0 Å². The average molecular weight is 761 g/mol. The second kappa shape index (κ2) is 17.5. The van der Waals surface area contributed by atoms with Crippen LogP contribution in [-0.4, -0.2) is 104 Å². The molecule has 0 atom stereocenters. The summed E-state index contributed by atoms with van der Waals surface area (Å²) < 4.78 is 38.5. The molecule has 0 saturated heterocycles. The lowest BCUT2D eigenvalue weighted by Crippen LogP contribution is -2.27. The minimum absolute atomic E-state index is 0.0565. The smallest absolute Gasteiger partial charge is 0.220 e. The second-order valence-corrected chi connectivity index (χ2v) is 13.4. The fraction of sp³-hybridized carbons (Fsp3) is 0.439. The van der Waals surface area contributed by atoms with Crippen LogP contribution in [0.5, 0.6) is 28.7 Å². The van der Waals surface area contributed by atoms with E-state index in [2.05, 4.69) is 10.6 Å². The topological polar surface area (TPSA) is 180 Å². The molecule has 0 heterocycles. The van der Waals surface area contributed by atoms with Crippen LogP contribution in [0.1, 0.15) is 37.3 Å². The molecule has 55 heavy (non-hydrogen) atoms. The molecule has 14 nitrogen and oxygen atoms in total. The van der Waals surface area contributed by atoms with Crippen molar-refractivity contribution in [3.8, 4) is 28.7 Å². The lowest BCUT2D eigenvalue weighted by molar-refractivity contribution is -0.121. The van der Waals surface area contributed by atoms with Crippen molar-refractivity contribution in [1.29, 1.82) is 0 Å². The van der Waals surface area contributed by atoms with Gasteiger partial charge in [0.2, 0.25) is 5.91 Å². The molecule has 0 fully saturated rings. The summed E-state index contributed by atoms with van der Waals surface area (Å²) in [5, 5.41) is 32.9. The minimum atomic E-state index is -0.460. The van der Waals surface area contributed by atoms with E-state index >= 15 is 0 Å². The Kier molecular flexibility index (Phi) is 12.6. The lowest BCUT2D eigenvalue weighted by atomic mass is 9.83. The number of hydrogen-bond acceptors (Lipinski definition) is 13. The Labute approximate surface area is 317 Å². The van der Waals surface area contributed by atoms with Crippen LogP contribution in [0.3, 0.4) is 0 Å². The van der Waals surface area contributed by atoms with Gasteiger partial charge >= 0.3 is 0 Å². The van der Waals surface area contributed by atoms with Gasteiger partial charge in [-0.2, -0.15) is 0 Å². The highest BCUT2D eigenvalue weighted by atomic mass is 16.6. The molecule has 1 aliphatic carbocycles. The molecule has 0 saturated carbocycles. The van der Waals surface area contributed by atoms with E-state index in [9.17, 15) is 24.6 Å². The predicted molar refractivity (Wildman–Crippen MR) is 211 cm³/mol. The fourth-order valence-corrected chi connectivity index (χ4v) is 7.57. The number of nitrogens with one attached hydrogen (secondary N) is 2. The van der Waals surface area contributed by atoms with Crippen molar-refractivity contribution in [2.45, 2.75) is 32.6 Å². The van der Waals surface area contributed by atoms with Gasteiger partial charge in [0.15, 0.2) is 28.1 Å². The second-order valence-electron chi connectivity index (χ2n) is 13.4. The largest absolute Gasteiger partial charge is 0.505 e. The molecule has 0 aromatic heterocycles. The van der Waals surface area contributed by atoms with Gasteiger partial charge in [-0.05, 0) is 31.6 Å². The standard InChI is InChI=1S/C41H48N2O12/c1-22-18-23-30-31-24(19-22)41(52-5)40(48)33-26(45)21-28(51-4)35(37(31)33)34-27(50-3)20-25(44)32(36(30)34)39(47)38(23)43-9-7-6-8-29(46)42-10-11-53-14-15-55-17-16-54-13-12-49-2/h18,20-21,43,47-48H,6-17,19H2,1-5H3,(H,42,46). The number of carbonyl (C=O) groups is 1. The van der Waals surface area contributed by atoms with Crippen molar-refractivity contribution in [3.63, 3.8) is 0 Å². The Morgan fingerprint density at radius 3 is 1.85 bits per heavy atom. The Morgan fingerprint density at radius 2 is 1.25 bits per heavy atom. The van der Waals surface area contributed by atoms with Crippen LogP contribution in [0.25, 0.3) is 49.2 Å². The number of hydrogen-bond donors (Lipinski definition) is 4. The number of carbonyl (C=O) groups excluding carboxylic acids is 1. The molecule has 0 bridgehead atoms. The Balaban J connectivity index is 1.24. The van der Waals surface area contributed by atoms with Crippen LogP contribution in [0.4, 0.5) is 5.69 Å². The van der Waals surface area contributed by atoms with Gasteiger partial charge in [0.1, 0.15) is 11.5 Å². The number of amides is 1. The highest BCUT2D eigenvalue weighted by Gasteiger charge is 2.33. The van der Waals surface area contributed by atoms with Gasteiger partial charge in [0.25, 0.3) is 0 Å². The number of unbranched alkanes of at least 4 members (excludes halogenated alkanes) is 1. The number of ether oxygens (including phenoxy) is 7. The zero-order valence-corrected chi connectivity index (χ0v) is 31.9. The van der Waals surface area contributed by atoms with Crippen LogP contribution in [0.15, 0.2) is 27.3 Å². The van der Waals surface area contributed by atoms with Crippen molar-refractivity contribution in [3.05, 3.63) is 49.3 Å². The Bertz CT molecular complexity index is 2340. The molecule has 6 rings (SSSR count). The molecule has 0 aliphatic heterocycles. The zero-order valence-electron chi connectivity index (χ0n) is 31.9. The van der Waals surface area contributed by atoms with Gasteiger partial charge in [-0.25, -0.2) is 0 Å². The van der Waals surface area contributed by atoms with Crippen LogP contribution in [0.2, 0.25) is 0 Å². The van der Waals surface area contributed by atoms with Crippen molar-refractivity contribution >= 4 is 60.8 Å². The first-order chi connectivity index (χ1) is 26.7. The summed E-state index contributed by atoms with van der Waals surface area (Å²) in [4.78, 5) is 40.0. The highest BCUT2D eigenvalue weighted by molar-refractivity contribution is 6.39. The van der Waals surface area contributed by atoms with E-state index in [4.69, 9.17) is 33.2 Å². The summed E-state index contributed by atoms with van der Waals surface area (Å²) in [6.07, 6.45) is 3.75. The van der Waals surface area contributed by atoms with E-state index in [1.165, 1.54) is 33.5 Å². The van der Waals surface area contributed by atoms with Gasteiger partial charge in [0, 0.05) is 76.8 Å². The van der Waals surface area contributed by atoms with Crippen LogP contribution < -0.4 is 35.7 Å². The molecular formula is C41H48N2O12. The van der Waals surface area contributed by atoms with Gasteiger partial charge in [0.05, 0.1) is 84.0 Å². The van der Waals surface area contributed by atoms with Crippen molar-refractivity contribution in [2.24, 2.45) is 0 Å². The number of benzene rings is 5. The van der Waals surface area contributed by atoms with Crippen molar-refractivity contribution < 1.29 is 48.2 Å². The number of methoxy groups -OCH3 is 4. The third kappa shape index (κ3) is 7.59. The molecule has 0 unspecified atom stereocenters. The third-order valence-corrected chi connectivity index (χ3v) is 9.92. The van der Waals surface area contributed by atoms with Gasteiger partial charge in [-0.3, -0.25) is 14.4 Å². The maximum atomic E-state index is 13.9. The first-order valence-electron chi connectivity index (χ1n) is 18.3. The first kappa shape index (κ1) is 39.5. The monoisotopic (exact) mass is 760 g/mol. The normalized spacial score (nSPS) is 12.6. The molecule has 294 valence electrons. The van der Waals surface area contributed by atoms with E-state index in [1.807, 2.05) is 13.0 Å². The molecule has 0 spiro atoms. The minimum Gasteiger partial charge on any atom is -0.505 e. The fourth-order valence-electron chi connectivity index (χ4n) is 7.57. The van der Waals surface area contributed by atoms with Gasteiger partial charge in [-0.1, -0.05) is 11.6 Å². The number of aromatic hydroxyl groups is 2.